The van der Waals surface area contributed by atoms with Crippen molar-refractivity contribution in [1.82, 2.24) is 19.7 Å². The molecule has 0 aliphatic carbocycles. The van der Waals surface area contributed by atoms with E-state index in [0.29, 0.717) is 11.7 Å². The molecule has 2 heterocycles. The molecule has 1 atom stereocenters. The lowest BCUT2D eigenvalue weighted by Crippen LogP contribution is -2.15. The molecule has 1 N–H and O–H groups in total. The first-order valence-electron chi connectivity index (χ1n) is 12.9. The Hall–Kier alpha value is -3.69. The summed E-state index contributed by atoms with van der Waals surface area (Å²) in [5.74, 6) is 1.69. The number of hydrogen-bond donors (Lipinski definition) is 1. The van der Waals surface area contributed by atoms with Crippen LogP contribution in [0.2, 0.25) is 0 Å². The molecule has 0 saturated carbocycles. The maximum absolute atomic E-state index is 12.7. The van der Waals surface area contributed by atoms with Gasteiger partial charge >= 0.3 is 0 Å². The summed E-state index contributed by atoms with van der Waals surface area (Å²) in [6.45, 7) is 10.9. The van der Waals surface area contributed by atoms with Crippen molar-refractivity contribution in [2.75, 3.05) is 11.1 Å². The van der Waals surface area contributed by atoms with Crippen molar-refractivity contribution in [2.45, 2.75) is 52.4 Å². The fourth-order valence-electron chi connectivity index (χ4n) is 4.36. The van der Waals surface area contributed by atoms with Gasteiger partial charge in [0.1, 0.15) is 10.8 Å². The maximum atomic E-state index is 12.7. The molecule has 0 bridgehead atoms. The largest absolute Gasteiger partial charge is 0.482 e. The third-order valence-electron chi connectivity index (χ3n) is 6.35. The number of aromatic nitrogens is 4. The Morgan fingerprint density at radius 2 is 1.77 bits per heavy atom. The second-order valence-electron chi connectivity index (χ2n) is 9.52. The lowest BCUT2D eigenvalue weighted by Gasteiger charge is -2.17. The summed E-state index contributed by atoms with van der Waals surface area (Å²) in [4.78, 5) is 17.5. The van der Waals surface area contributed by atoms with Crippen LogP contribution in [-0.2, 0) is 11.3 Å². The van der Waals surface area contributed by atoms with E-state index in [9.17, 15) is 4.79 Å². The normalized spacial score (nSPS) is 12.0. The smallest absolute Gasteiger partial charge is 0.234 e. The van der Waals surface area contributed by atoms with Crippen LogP contribution in [0.1, 0.15) is 42.5 Å². The molecule has 0 spiro atoms. The lowest BCUT2D eigenvalue weighted by molar-refractivity contribution is -0.113. The number of amides is 1. The minimum Gasteiger partial charge on any atom is -0.482 e. The third-order valence-corrected chi connectivity index (χ3v) is 8.39. The van der Waals surface area contributed by atoms with Crippen LogP contribution in [0.4, 0.5) is 5.69 Å². The highest BCUT2D eigenvalue weighted by Crippen LogP contribution is 2.31. The first-order chi connectivity index (χ1) is 18.8. The maximum Gasteiger partial charge on any atom is 0.234 e. The average Bonchev–Trinajstić information content (AvgIpc) is 3.53. The van der Waals surface area contributed by atoms with E-state index in [2.05, 4.69) is 53.6 Å². The summed E-state index contributed by atoms with van der Waals surface area (Å²) in [5, 5.41) is 13.4. The van der Waals surface area contributed by atoms with Gasteiger partial charge in [-0.3, -0.25) is 4.79 Å². The molecular formula is C30H31N5O2S2. The van der Waals surface area contributed by atoms with Gasteiger partial charge in [-0.2, -0.15) is 0 Å². The SMILES string of the molecule is CCn1c(SCC(=O)Nc2ccc(-c3nc4ccc(C)cc4s3)cc2)nnc1C(C)Oc1ccc(C)cc1C. The molecule has 39 heavy (non-hydrogen) atoms. The van der Waals surface area contributed by atoms with Crippen LogP contribution >= 0.6 is 23.1 Å². The van der Waals surface area contributed by atoms with E-state index in [1.807, 2.05) is 61.7 Å². The highest BCUT2D eigenvalue weighted by atomic mass is 32.2. The minimum atomic E-state index is -0.278. The number of carbonyl (C=O) groups excluding carboxylic acids is 1. The summed E-state index contributed by atoms with van der Waals surface area (Å²) in [6, 6.07) is 20.2. The molecule has 0 radical (unpaired) electrons. The van der Waals surface area contributed by atoms with Gasteiger partial charge in [0.05, 0.1) is 16.0 Å². The Bertz CT molecular complexity index is 1620. The van der Waals surface area contributed by atoms with Crippen molar-refractivity contribution in [2.24, 2.45) is 0 Å². The van der Waals surface area contributed by atoms with Gasteiger partial charge in [-0.15, -0.1) is 21.5 Å². The number of fused-ring (bicyclic) bond motifs is 1. The molecule has 0 aliphatic heterocycles. The van der Waals surface area contributed by atoms with Crippen molar-refractivity contribution < 1.29 is 9.53 Å². The monoisotopic (exact) mass is 557 g/mol. The van der Waals surface area contributed by atoms with E-state index in [1.165, 1.54) is 27.6 Å². The van der Waals surface area contributed by atoms with Gasteiger partial charge in [0.25, 0.3) is 0 Å². The van der Waals surface area contributed by atoms with Crippen LogP contribution in [0, 0.1) is 20.8 Å². The predicted octanol–water partition coefficient (Wildman–Crippen LogP) is 7.37. The van der Waals surface area contributed by atoms with Crippen LogP contribution in [0.5, 0.6) is 5.75 Å². The first-order valence-corrected chi connectivity index (χ1v) is 14.7. The van der Waals surface area contributed by atoms with Gasteiger partial charge in [-0.05, 0) is 88.2 Å². The zero-order valence-electron chi connectivity index (χ0n) is 22.7. The van der Waals surface area contributed by atoms with Gasteiger partial charge in [0.15, 0.2) is 17.1 Å². The van der Waals surface area contributed by atoms with Gasteiger partial charge in [-0.1, -0.05) is 35.5 Å². The standard InChI is InChI=1S/C30H31N5O2S2/c1-6-35-28(21(5)37-25-14-8-18(2)15-20(25)4)33-34-30(35)38-17-27(36)31-23-11-9-22(10-12-23)29-32-24-13-7-19(3)16-26(24)39-29/h7-16,21H,6,17H2,1-5H3,(H,31,36). The van der Waals surface area contributed by atoms with Crippen LogP contribution in [0.3, 0.4) is 0 Å². The number of nitrogens with zero attached hydrogens (tertiary/aromatic N) is 4. The topological polar surface area (TPSA) is 81.9 Å². The highest BCUT2D eigenvalue weighted by molar-refractivity contribution is 7.99. The van der Waals surface area contributed by atoms with E-state index in [-0.39, 0.29) is 17.8 Å². The molecule has 2 aromatic heterocycles. The van der Waals surface area contributed by atoms with Crippen LogP contribution < -0.4 is 10.1 Å². The summed E-state index contributed by atoms with van der Waals surface area (Å²) in [5.41, 5.74) is 6.28. The molecule has 9 heteroatoms. The molecular weight excluding hydrogens is 526 g/mol. The number of thiazole rings is 1. The van der Waals surface area contributed by atoms with Crippen molar-refractivity contribution in [3.8, 4) is 16.3 Å². The number of nitrogens with one attached hydrogen (secondary N) is 1. The van der Waals surface area contributed by atoms with Crippen LogP contribution in [-0.4, -0.2) is 31.4 Å². The number of hydrogen-bond acceptors (Lipinski definition) is 7. The van der Waals surface area contributed by atoms with Gasteiger partial charge in [0, 0.05) is 17.8 Å². The minimum absolute atomic E-state index is 0.102. The van der Waals surface area contributed by atoms with Crippen molar-refractivity contribution >= 4 is 44.9 Å². The number of rotatable bonds is 9. The van der Waals surface area contributed by atoms with E-state index in [0.717, 1.165) is 38.9 Å². The molecule has 0 aliphatic rings. The molecule has 0 saturated heterocycles. The zero-order chi connectivity index (χ0) is 27.5. The second-order valence-corrected chi connectivity index (χ2v) is 11.5. The number of carbonyl (C=O) groups is 1. The highest BCUT2D eigenvalue weighted by Gasteiger charge is 2.20. The van der Waals surface area contributed by atoms with Gasteiger partial charge in [0.2, 0.25) is 5.91 Å². The Morgan fingerprint density at radius 3 is 2.51 bits per heavy atom. The average molecular weight is 558 g/mol. The van der Waals surface area contributed by atoms with Gasteiger partial charge < -0.3 is 14.6 Å². The third kappa shape index (κ3) is 6.15. The number of anilines is 1. The summed E-state index contributed by atoms with van der Waals surface area (Å²) < 4.78 is 9.37. The van der Waals surface area contributed by atoms with E-state index in [1.54, 1.807) is 11.3 Å². The van der Waals surface area contributed by atoms with E-state index < -0.39 is 0 Å². The lowest BCUT2D eigenvalue weighted by atomic mass is 10.1. The Balaban J connectivity index is 1.19. The molecule has 5 rings (SSSR count). The summed E-state index contributed by atoms with van der Waals surface area (Å²) in [6.07, 6.45) is -0.278. The van der Waals surface area contributed by atoms with E-state index in [4.69, 9.17) is 9.72 Å². The molecule has 0 fully saturated rings. The van der Waals surface area contributed by atoms with Crippen molar-refractivity contribution in [3.05, 3.63) is 83.2 Å². The summed E-state index contributed by atoms with van der Waals surface area (Å²) in [7, 11) is 0. The predicted molar refractivity (Wildman–Crippen MR) is 160 cm³/mol. The molecule has 3 aromatic carbocycles. The van der Waals surface area contributed by atoms with Crippen molar-refractivity contribution in [1.29, 1.82) is 0 Å². The van der Waals surface area contributed by atoms with Crippen LogP contribution in [0.25, 0.3) is 20.8 Å². The Morgan fingerprint density at radius 1 is 1.03 bits per heavy atom. The quantitative estimate of drug-likeness (QED) is 0.191. The van der Waals surface area contributed by atoms with Gasteiger partial charge in [-0.25, -0.2) is 4.98 Å². The second kappa shape index (κ2) is 11.6. The molecule has 7 nitrogen and oxygen atoms in total. The molecule has 1 unspecified atom stereocenters. The Labute approximate surface area is 236 Å². The van der Waals surface area contributed by atoms with Crippen molar-refractivity contribution in [3.63, 3.8) is 0 Å². The number of thioether (sulfide) groups is 1. The molecule has 5 aromatic rings. The fourth-order valence-corrected chi connectivity index (χ4v) is 6.24. The zero-order valence-corrected chi connectivity index (χ0v) is 24.3. The fraction of sp³-hybridized carbons (Fsp3) is 0.267. The summed E-state index contributed by atoms with van der Waals surface area (Å²) >= 11 is 3.04. The number of ether oxygens (including phenoxy) is 1. The first kappa shape index (κ1) is 26.9. The van der Waals surface area contributed by atoms with E-state index >= 15 is 0 Å². The number of aryl methyl sites for hydroxylation is 3. The molecule has 200 valence electrons. The van der Waals surface area contributed by atoms with Crippen LogP contribution in [0.15, 0.2) is 65.8 Å². The number of benzene rings is 3. The molecule has 1 amide bonds. The Kier molecular flexibility index (Phi) is 7.99.